The van der Waals surface area contributed by atoms with Gasteiger partial charge in [0, 0.05) is 26.1 Å². The van der Waals surface area contributed by atoms with Crippen molar-refractivity contribution in [2.45, 2.75) is 38.0 Å². The maximum absolute atomic E-state index is 12.6. The predicted molar refractivity (Wildman–Crippen MR) is 86.1 cm³/mol. The van der Waals surface area contributed by atoms with Crippen LogP contribution in [0.25, 0.3) is 0 Å². The fourth-order valence-electron chi connectivity index (χ4n) is 3.57. The molecule has 3 rings (SSSR count). The number of esters is 1. The van der Waals surface area contributed by atoms with E-state index in [0.29, 0.717) is 32.9 Å². The molecular weight excluding hydrogens is 294 g/mol. The van der Waals surface area contributed by atoms with Gasteiger partial charge in [-0.15, -0.1) is 0 Å². The third-order valence-electron chi connectivity index (χ3n) is 4.86. The minimum absolute atomic E-state index is 0.0453. The van der Waals surface area contributed by atoms with Gasteiger partial charge in [-0.05, 0) is 19.4 Å². The number of ether oxygens (including phenoxy) is 3. The van der Waals surface area contributed by atoms with Gasteiger partial charge in [-0.3, -0.25) is 4.90 Å². The summed E-state index contributed by atoms with van der Waals surface area (Å²) in [5.74, 6) is -0.192. The normalized spacial score (nSPS) is 29.6. The first-order valence-corrected chi connectivity index (χ1v) is 8.37. The lowest BCUT2D eigenvalue weighted by atomic mass is 9.92. The van der Waals surface area contributed by atoms with Crippen LogP contribution < -0.4 is 0 Å². The summed E-state index contributed by atoms with van der Waals surface area (Å²) in [7, 11) is 0. The summed E-state index contributed by atoms with van der Waals surface area (Å²) in [4.78, 5) is 14.8. The van der Waals surface area contributed by atoms with E-state index < -0.39 is 0 Å². The summed E-state index contributed by atoms with van der Waals surface area (Å²) < 4.78 is 17.1. The highest BCUT2D eigenvalue weighted by molar-refractivity contribution is 5.77. The van der Waals surface area contributed by atoms with E-state index in [4.69, 9.17) is 14.2 Å². The first kappa shape index (κ1) is 16.4. The summed E-state index contributed by atoms with van der Waals surface area (Å²) in [6.07, 6.45) is 0.915. The number of carbonyl (C=O) groups excluding carboxylic acids is 1. The van der Waals surface area contributed by atoms with E-state index in [1.54, 1.807) is 0 Å². The van der Waals surface area contributed by atoms with Crippen LogP contribution in [0.15, 0.2) is 30.3 Å². The average molecular weight is 319 g/mol. The molecule has 1 aromatic carbocycles. The van der Waals surface area contributed by atoms with Crippen LogP contribution in [0.4, 0.5) is 0 Å². The third-order valence-corrected chi connectivity index (χ3v) is 4.86. The minimum Gasteiger partial charge on any atom is -0.465 e. The highest BCUT2D eigenvalue weighted by atomic mass is 16.6. The lowest BCUT2D eigenvalue weighted by Gasteiger charge is -2.44. The molecule has 1 spiro atoms. The minimum atomic E-state index is -0.385. The molecule has 5 nitrogen and oxygen atoms in total. The molecule has 0 unspecified atom stereocenters. The van der Waals surface area contributed by atoms with Crippen molar-refractivity contribution in [3.05, 3.63) is 35.9 Å². The van der Waals surface area contributed by atoms with Gasteiger partial charge in [0.15, 0.2) is 0 Å². The van der Waals surface area contributed by atoms with E-state index in [1.165, 1.54) is 0 Å². The number of nitrogens with zero attached hydrogens (tertiary/aromatic N) is 1. The smallest absolute Gasteiger partial charge is 0.328 e. The van der Waals surface area contributed by atoms with Crippen molar-refractivity contribution >= 4 is 5.97 Å². The molecule has 2 fully saturated rings. The highest BCUT2D eigenvalue weighted by Crippen LogP contribution is 2.36. The Kier molecular flexibility index (Phi) is 4.99. The first-order chi connectivity index (χ1) is 11.2. The monoisotopic (exact) mass is 319 g/mol. The summed E-state index contributed by atoms with van der Waals surface area (Å²) in [5, 5.41) is 0. The van der Waals surface area contributed by atoms with Gasteiger partial charge in [-0.1, -0.05) is 30.3 Å². The van der Waals surface area contributed by atoms with E-state index in [2.05, 4.69) is 11.8 Å². The molecule has 0 aliphatic carbocycles. The number of carbonyl (C=O) groups is 1. The van der Waals surface area contributed by atoms with Crippen molar-refractivity contribution < 1.29 is 19.0 Å². The molecule has 0 saturated carbocycles. The quantitative estimate of drug-likeness (QED) is 0.796. The summed E-state index contributed by atoms with van der Waals surface area (Å²) in [6.45, 7) is 7.00. The van der Waals surface area contributed by atoms with Crippen LogP contribution in [0.3, 0.4) is 0 Å². The van der Waals surface area contributed by atoms with Crippen LogP contribution in [-0.2, 0) is 19.0 Å². The number of rotatable bonds is 4. The molecule has 0 bridgehead atoms. The maximum Gasteiger partial charge on any atom is 0.328 e. The second-order valence-electron chi connectivity index (χ2n) is 6.21. The average Bonchev–Trinajstić information content (AvgIpc) is 2.89. The van der Waals surface area contributed by atoms with Crippen molar-refractivity contribution in [1.82, 2.24) is 4.90 Å². The van der Waals surface area contributed by atoms with Gasteiger partial charge < -0.3 is 14.2 Å². The van der Waals surface area contributed by atoms with E-state index >= 15 is 0 Å². The maximum atomic E-state index is 12.6. The van der Waals surface area contributed by atoms with Crippen LogP contribution >= 0.6 is 0 Å². The molecule has 2 aliphatic heterocycles. The second kappa shape index (κ2) is 6.99. The van der Waals surface area contributed by atoms with Crippen LogP contribution in [0.1, 0.15) is 31.9 Å². The Balaban J connectivity index is 1.86. The molecule has 3 atom stereocenters. The molecule has 2 aliphatic rings. The number of benzene rings is 1. The van der Waals surface area contributed by atoms with Gasteiger partial charge in [0.05, 0.1) is 19.3 Å². The van der Waals surface area contributed by atoms with Crippen LogP contribution in [-0.4, -0.2) is 55.5 Å². The summed E-state index contributed by atoms with van der Waals surface area (Å²) in [5.41, 5.74) is 0.659. The van der Waals surface area contributed by atoms with Crippen LogP contribution in [0, 0.1) is 0 Å². The van der Waals surface area contributed by atoms with Crippen molar-refractivity contribution in [2.75, 3.05) is 32.9 Å². The molecule has 1 aromatic rings. The zero-order valence-corrected chi connectivity index (χ0v) is 13.9. The Hall–Kier alpha value is -1.43. The highest BCUT2D eigenvalue weighted by Gasteiger charge is 2.48. The summed E-state index contributed by atoms with van der Waals surface area (Å²) >= 11 is 0. The molecule has 23 heavy (non-hydrogen) atoms. The molecule has 2 saturated heterocycles. The number of hydrogen-bond donors (Lipinski definition) is 0. The molecule has 0 aromatic heterocycles. The second-order valence-corrected chi connectivity index (χ2v) is 6.21. The molecule has 126 valence electrons. The van der Waals surface area contributed by atoms with E-state index in [1.807, 2.05) is 37.3 Å². The van der Waals surface area contributed by atoms with Crippen molar-refractivity contribution in [3.8, 4) is 0 Å². The Morgan fingerprint density at radius 2 is 2.17 bits per heavy atom. The summed E-state index contributed by atoms with van der Waals surface area (Å²) in [6, 6.07) is 9.46. The molecule has 0 radical (unpaired) electrons. The van der Waals surface area contributed by atoms with Gasteiger partial charge >= 0.3 is 5.97 Å². The van der Waals surface area contributed by atoms with Crippen molar-refractivity contribution in [1.29, 1.82) is 0 Å². The molecule has 5 heteroatoms. The lowest BCUT2D eigenvalue weighted by molar-refractivity contribution is -0.165. The SMILES string of the molecule is CCOC(=O)[C@H](c1ccccc1)N1CCO[C@@]2(CCO[C@H]2C)C1. The molecule has 0 amide bonds. The van der Waals surface area contributed by atoms with Gasteiger partial charge in [0.1, 0.15) is 11.6 Å². The first-order valence-electron chi connectivity index (χ1n) is 8.37. The van der Waals surface area contributed by atoms with E-state index in [9.17, 15) is 4.79 Å². The Labute approximate surface area is 137 Å². The number of morpholine rings is 1. The topological polar surface area (TPSA) is 48.0 Å². The molecular formula is C18H25NO4. The van der Waals surface area contributed by atoms with Crippen LogP contribution in [0.5, 0.6) is 0 Å². The Morgan fingerprint density at radius 1 is 1.39 bits per heavy atom. The predicted octanol–water partition coefficient (Wildman–Crippen LogP) is 2.17. The number of hydrogen-bond acceptors (Lipinski definition) is 5. The van der Waals surface area contributed by atoms with Gasteiger partial charge in [-0.25, -0.2) is 4.79 Å². The van der Waals surface area contributed by atoms with Crippen LogP contribution in [0.2, 0.25) is 0 Å². The van der Waals surface area contributed by atoms with Gasteiger partial charge in [0.25, 0.3) is 0 Å². The van der Waals surface area contributed by atoms with E-state index in [-0.39, 0.29) is 23.7 Å². The van der Waals surface area contributed by atoms with Gasteiger partial charge in [-0.2, -0.15) is 0 Å². The fraction of sp³-hybridized carbons (Fsp3) is 0.611. The standard InChI is InChI=1S/C18H25NO4/c1-3-21-17(20)16(15-7-5-4-6-8-15)19-10-12-23-18(13-19)9-11-22-14(18)2/h4-8,14,16H,3,9-13H2,1-2H3/t14-,16-,18-/m0/s1. The molecule has 2 heterocycles. The van der Waals surface area contributed by atoms with Gasteiger partial charge in [0.2, 0.25) is 0 Å². The largest absolute Gasteiger partial charge is 0.465 e. The van der Waals surface area contributed by atoms with E-state index in [0.717, 1.165) is 12.0 Å². The zero-order valence-electron chi connectivity index (χ0n) is 13.9. The lowest BCUT2D eigenvalue weighted by Crippen LogP contribution is -2.57. The van der Waals surface area contributed by atoms with Crippen molar-refractivity contribution in [2.24, 2.45) is 0 Å². The van der Waals surface area contributed by atoms with Crippen molar-refractivity contribution in [3.63, 3.8) is 0 Å². The Bertz CT molecular complexity index is 535. The molecule has 0 N–H and O–H groups in total. The third kappa shape index (κ3) is 3.27. The fourth-order valence-corrected chi connectivity index (χ4v) is 3.57. The Morgan fingerprint density at radius 3 is 2.83 bits per heavy atom. The zero-order chi connectivity index (χ0) is 16.3.